The molecule has 0 N–H and O–H groups in total. The Morgan fingerprint density at radius 1 is 1.47 bits per heavy atom. The highest BCUT2D eigenvalue weighted by molar-refractivity contribution is 6.69. The molecule has 0 aliphatic heterocycles. The van der Waals surface area contributed by atoms with Gasteiger partial charge in [0.05, 0.1) is 4.92 Å². The molecule has 0 saturated carbocycles. The van der Waals surface area contributed by atoms with Crippen LogP contribution in [0.1, 0.15) is 18.9 Å². The third kappa shape index (κ3) is 3.32. The van der Waals surface area contributed by atoms with Gasteiger partial charge in [0.15, 0.2) is 0 Å². The van der Waals surface area contributed by atoms with Crippen LogP contribution in [0.4, 0.5) is 5.69 Å². The maximum atomic E-state index is 10.4. The van der Waals surface area contributed by atoms with E-state index in [2.05, 4.69) is 4.99 Å². The molecule has 0 aliphatic rings. The summed E-state index contributed by atoms with van der Waals surface area (Å²) in [6.07, 6.45) is 0.920. The number of nitro benzene ring substituents is 1. The molecule has 0 amide bonds. The van der Waals surface area contributed by atoms with E-state index in [0.29, 0.717) is 17.3 Å². The second-order valence-corrected chi connectivity index (χ2v) is 3.33. The lowest BCUT2D eigenvalue weighted by Crippen LogP contribution is -1.94. The van der Waals surface area contributed by atoms with E-state index in [-0.39, 0.29) is 5.69 Å². The number of hydrogen-bond donors (Lipinski definition) is 0. The molecule has 0 saturated heterocycles. The van der Waals surface area contributed by atoms with Crippen LogP contribution in [0.2, 0.25) is 0 Å². The molecule has 0 fully saturated rings. The van der Waals surface area contributed by atoms with Gasteiger partial charge >= 0.3 is 0 Å². The molecule has 0 bridgehead atoms. The molecule has 15 heavy (non-hydrogen) atoms. The summed E-state index contributed by atoms with van der Waals surface area (Å²) in [5.74, 6) is 0. The molecule has 80 valence electrons. The van der Waals surface area contributed by atoms with E-state index in [0.717, 1.165) is 6.42 Å². The van der Waals surface area contributed by atoms with Crippen molar-refractivity contribution < 1.29 is 4.92 Å². The van der Waals surface area contributed by atoms with Gasteiger partial charge in [-0.25, -0.2) is 0 Å². The van der Waals surface area contributed by atoms with Crippen LogP contribution < -0.4 is 0 Å². The summed E-state index contributed by atoms with van der Waals surface area (Å²) in [7, 11) is 0. The topological polar surface area (TPSA) is 55.5 Å². The van der Waals surface area contributed by atoms with Crippen molar-refractivity contribution in [3.63, 3.8) is 0 Å². The summed E-state index contributed by atoms with van der Waals surface area (Å²) in [6, 6.07) is 6.03. The summed E-state index contributed by atoms with van der Waals surface area (Å²) < 4.78 is 0. The number of rotatable bonds is 4. The lowest BCUT2D eigenvalue weighted by atomic mass is 10.2. The molecule has 4 nitrogen and oxygen atoms in total. The summed E-state index contributed by atoms with van der Waals surface area (Å²) >= 11 is 5.90. The fraction of sp³-hybridized carbons (Fsp3) is 0.300. The number of hydrogen-bond acceptors (Lipinski definition) is 3. The van der Waals surface area contributed by atoms with Crippen LogP contribution >= 0.6 is 11.6 Å². The van der Waals surface area contributed by atoms with Crippen LogP contribution in [0.3, 0.4) is 0 Å². The van der Waals surface area contributed by atoms with Gasteiger partial charge in [0, 0.05) is 24.2 Å². The standard InChI is InChI=1S/C10H11ClN2O2/c1-2-7-12-10(11)8-3-5-9(6-4-8)13(14)15/h3-6H,2,7H2,1H3/b12-10-. The van der Waals surface area contributed by atoms with E-state index in [9.17, 15) is 10.1 Å². The van der Waals surface area contributed by atoms with Gasteiger partial charge in [-0.2, -0.15) is 0 Å². The molecule has 1 aromatic rings. The number of nitrogens with zero attached hydrogens (tertiary/aromatic N) is 2. The lowest BCUT2D eigenvalue weighted by Gasteiger charge is -1.97. The zero-order valence-corrected chi connectivity index (χ0v) is 9.07. The summed E-state index contributed by atoms with van der Waals surface area (Å²) in [6.45, 7) is 2.67. The number of benzene rings is 1. The SMILES string of the molecule is CCC/N=C(\Cl)c1ccc([N+](=O)[O-])cc1. The first-order chi connectivity index (χ1) is 7.15. The van der Waals surface area contributed by atoms with Crippen molar-refractivity contribution >= 4 is 22.5 Å². The normalized spacial score (nSPS) is 11.5. The van der Waals surface area contributed by atoms with Gasteiger partial charge in [0.25, 0.3) is 5.69 Å². The number of nitro groups is 1. The molecule has 0 aromatic heterocycles. The quantitative estimate of drug-likeness (QED) is 0.450. The van der Waals surface area contributed by atoms with E-state index < -0.39 is 4.92 Å². The highest BCUT2D eigenvalue weighted by atomic mass is 35.5. The minimum Gasteiger partial charge on any atom is -0.273 e. The fourth-order valence-corrected chi connectivity index (χ4v) is 1.23. The third-order valence-corrected chi connectivity index (χ3v) is 2.13. The van der Waals surface area contributed by atoms with Gasteiger partial charge < -0.3 is 0 Å². The molecule has 1 rings (SSSR count). The van der Waals surface area contributed by atoms with Crippen LogP contribution in [0.25, 0.3) is 0 Å². The third-order valence-electron chi connectivity index (χ3n) is 1.79. The molecule has 0 atom stereocenters. The number of aliphatic imine (C=N–C) groups is 1. The monoisotopic (exact) mass is 226 g/mol. The molecule has 0 radical (unpaired) electrons. The molecule has 0 spiro atoms. The van der Waals surface area contributed by atoms with Gasteiger partial charge in [-0.05, 0) is 18.6 Å². The minimum atomic E-state index is -0.444. The smallest absolute Gasteiger partial charge is 0.269 e. The van der Waals surface area contributed by atoms with E-state index in [1.54, 1.807) is 12.1 Å². The van der Waals surface area contributed by atoms with Crippen LogP contribution in [0.5, 0.6) is 0 Å². The molecule has 0 aliphatic carbocycles. The maximum absolute atomic E-state index is 10.4. The average Bonchev–Trinajstić information content (AvgIpc) is 2.26. The zero-order valence-electron chi connectivity index (χ0n) is 8.31. The van der Waals surface area contributed by atoms with Crippen molar-refractivity contribution in [3.05, 3.63) is 39.9 Å². The average molecular weight is 227 g/mol. The van der Waals surface area contributed by atoms with Gasteiger partial charge in [-0.3, -0.25) is 15.1 Å². The second-order valence-electron chi connectivity index (χ2n) is 2.98. The Kier molecular flexibility index (Phi) is 4.24. The Balaban J connectivity index is 2.84. The predicted molar refractivity (Wildman–Crippen MR) is 60.6 cm³/mol. The van der Waals surface area contributed by atoms with Crippen molar-refractivity contribution in [2.24, 2.45) is 4.99 Å². The zero-order chi connectivity index (χ0) is 11.3. The minimum absolute atomic E-state index is 0.0544. The Bertz CT molecular complexity index is 374. The Labute approximate surface area is 92.7 Å². The Morgan fingerprint density at radius 2 is 2.07 bits per heavy atom. The molecular formula is C10H11ClN2O2. The van der Waals surface area contributed by atoms with Crippen molar-refractivity contribution in [2.45, 2.75) is 13.3 Å². The van der Waals surface area contributed by atoms with Crippen LogP contribution in [-0.4, -0.2) is 16.6 Å². The van der Waals surface area contributed by atoms with Crippen molar-refractivity contribution in [1.82, 2.24) is 0 Å². The number of halogens is 1. The lowest BCUT2D eigenvalue weighted by molar-refractivity contribution is -0.384. The van der Waals surface area contributed by atoms with Gasteiger partial charge in [-0.15, -0.1) is 0 Å². The van der Waals surface area contributed by atoms with E-state index >= 15 is 0 Å². The first-order valence-electron chi connectivity index (χ1n) is 4.60. The highest BCUT2D eigenvalue weighted by Gasteiger charge is 2.05. The highest BCUT2D eigenvalue weighted by Crippen LogP contribution is 2.13. The van der Waals surface area contributed by atoms with Crippen LogP contribution in [-0.2, 0) is 0 Å². The van der Waals surface area contributed by atoms with Crippen molar-refractivity contribution in [2.75, 3.05) is 6.54 Å². The Hall–Kier alpha value is -1.42. The van der Waals surface area contributed by atoms with Crippen LogP contribution in [0.15, 0.2) is 29.3 Å². The van der Waals surface area contributed by atoms with Crippen molar-refractivity contribution in [1.29, 1.82) is 0 Å². The fourth-order valence-electron chi connectivity index (χ4n) is 1.02. The molecular weight excluding hydrogens is 216 g/mol. The Morgan fingerprint density at radius 3 is 2.53 bits per heavy atom. The maximum Gasteiger partial charge on any atom is 0.269 e. The molecule has 0 heterocycles. The summed E-state index contributed by atoms with van der Waals surface area (Å²) in [5.41, 5.74) is 0.759. The predicted octanol–water partition coefficient (Wildman–Crippen LogP) is 2.99. The van der Waals surface area contributed by atoms with E-state index in [1.165, 1.54) is 12.1 Å². The summed E-state index contributed by atoms with van der Waals surface area (Å²) in [5, 5.41) is 10.8. The first-order valence-corrected chi connectivity index (χ1v) is 4.97. The first kappa shape index (κ1) is 11.7. The van der Waals surface area contributed by atoms with Gasteiger partial charge in [-0.1, -0.05) is 18.5 Å². The molecule has 5 heteroatoms. The van der Waals surface area contributed by atoms with Crippen molar-refractivity contribution in [3.8, 4) is 0 Å². The van der Waals surface area contributed by atoms with Crippen LogP contribution in [0, 0.1) is 10.1 Å². The number of non-ortho nitro benzene ring substituents is 1. The van der Waals surface area contributed by atoms with Gasteiger partial charge in [0.2, 0.25) is 0 Å². The van der Waals surface area contributed by atoms with E-state index in [1.807, 2.05) is 6.92 Å². The molecule has 0 unspecified atom stereocenters. The largest absolute Gasteiger partial charge is 0.273 e. The van der Waals surface area contributed by atoms with E-state index in [4.69, 9.17) is 11.6 Å². The summed E-state index contributed by atoms with van der Waals surface area (Å²) in [4.78, 5) is 14.1. The molecule has 1 aromatic carbocycles. The second kappa shape index (κ2) is 5.46. The van der Waals surface area contributed by atoms with Gasteiger partial charge in [0.1, 0.15) is 5.17 Å².